The van der Waals surface area contributed by atoms with Crippen LogP contribution < -0.4 is 0 Å². The van der Waals surface area contributed by atoms with E-state index in [1.54, 1.807) is 0 Å². The van der Waals surface area contributed by atoms with Gasteiger partial charge in [-0.05, 0) is 18.2 Å². The van der Waals surface area contributed by atoms with Gasteiger partial charge in [0.2, 0.25) is 0 Å². The Morgan fingerprint density at radius 3 is 1.61 bits per heavy atom. The van der Waals surface area contributed by atoms with E-state index in [9.17, 15) is 18.0 Å². The second-order valence-electron chi connectivity index (χ2n) is 3.94. The predicted octanol–water partition coefficient (Wildman–Crippen LogP) is -1.15. The number of benzene rings is 1. The van der Waals surface area contributed by atoms with E-state index >= 15 is 0 Å². The molecule has 1 aromatic carbocycles. The molecular weight excluding hydrogens is 359 g/mol. The zero-order chi connectivity index (χ0) is 16.8. The third-order valence-electron chi connectivity index (χ3n) is 2.32. The molecule has 0 saturated carbocycles. The zero-order valence-electron chi connectivity index (χ0n) is 12.3. The second kappa shape index (κ2) is 10.5. The van der Waals surface area contributed by atoms with Gasteiger partial charge < -0.3 is 19.7 Å². The minimum absolute atomic E-state index is 0. The molecule has 0 amide bonds. The summed E-state index contributed by atoms with van der Waals surface area (Å²) in [5.74, 6) is -1.98. The van der Waals surface area contributed by atoms with Gasteiger partial charge in [-0.3, -0.25) is 4.55 Å². The fraction of sp³-hybridized carbons (Fsp3) is 0.333. The van der Waals surface area contributed by atoms with Gasteiger partial charge in [-0.25, -0.2) is 9.59 Å². The van der Waals surface area contributed by atoms with E-state index < -0.39 is 40.2 Å². The first-order valence-corrected chi connectivity index (χ1v) is 7.42. The van der Waals surface area contributed by atoms with Gasteiger partial charge in [-0.2, -0.15) is 8.42 Å². The van der Waals surface area contributed by atoms with Gasteiger partial charge in [0.15, 0.2) is 0 Å². The van der Waals surface area contributed by atoms with E-state index in [2.05, 4.69) is 9.47 Å². The number of rotatable bonds is 7. The average Bonchev–Trinajstić information content (AvgIpc) is 2.48. The van der Waals surface area contributed by atoms with Gasteiger partial charge in [0.05, 0.1) is 29.2 Å². The summed E-state index contributed by atoms with van der Waals surface area (Å²) in [5.41, 5.74) is -0.640. The Labute approximate surface area is 174 Å². The van der Waals surface area contributed by atoms with Crippen molar-refractivity contribution in [1.29, 1.82) is 0 Å². The van der Waals surface area contributed by atoms with Crippen LogP contribution in [0.1, 0.15) is 20.7 Å². The maximum atomic E-state index is 11.7. The smallest absolute Gasteiger partial charge is 0.338 e. The first-order chi connectivity index (χ1) is 10.3. The minimum atomic E-state index is -4.67. The van der Waals surface area contributed by atoms with Crippen molar-refractivity contribution in [3.05, 3.63) is 29.3 Å². The summed E-state index contributed by atoms with van der Waals surface area (Å²) in [7, 11) is -4.67. The molecule has 0 aliphatic carbocycles. The first-order valence-electron chi connectivity index (χ1n) is 5.98. The van der Waals surface area contributed by atoms with Crippen molar-refractivity contribution in [3.63, 3.8) is 0 Å². The molecular formula is C12H14KO9S. The molecule has 23 heavy (non-hydrogen) atoms. The number of aliphatic hydroxyl groups is 2. The van der Waals surface area contributed by atoms with Crippen molar-refractivity contribution in [1.82, 2.24) is 0 Å². The van der Waals surface area contributed by atoms with E-state index in [-0.39, 0.29) is 75.7 Å². The Kier molecular flexibility index (Phi) is 10.3. The third kappa shape index (κ3) is 7.37. The van der Waals surface area contributed by atoms with E-state index in [1.807, 2.05) is 0 Å². The van der Waals surface area contributed by atoms with Crippen LogP contribution in [0.4, 0.5) is 0 Å². The van der Waals surface area contributed by atoms with Crippen LogP contribution in [0.25, 0.3) is 0 Å². The molecule has 1 rings (SSSR count). The molecule has 0 aromatic heterocycles. The molecule has 1 radical (unpaired) electrons. The second-order valence-corrected chi connectivity index (χ2v) is 5.36. The Morgan fingerprint density at radius 1 is 0.913 bits per heavy atom. The Bertz CT molecular complexity index is 618. The molecule has 0 bridgehead atoms. The number of ether oxygens (including phenoxy) is 2. The third-order valence-corrected chi connectivity index (χ3v) is 3.16. The van der Waals surface area contributed by atoms with E-state index in [1.165, 1.54) is 0 Å². The molecule has 0 spiro atoms. The van der Waals surface area contributed by atoms with Crippen LogP contribution in [0.2, 0.25) is 0 Å². The summed E-state index contributed by atoms with van der Waals surface area (Å²) in [6.07, 6.45) is 0. The summed E-state index contributed by atoms with van der Waals surface area (Å²) < 4.78 is 40.6. The van der Waals surface area contributed by atoms with Crippen LogP contribution in [0, 0.1) is 0 Å². The van der Waals surface area contributed by atoms with Crippen LogP contribution in [0.3, 0.4) is 0 Å². The maximum absolute atomic E-state index is 11.7. The summed E-state index contributed by atoms with van der Waals surface area (Å²) in [6.45, 7) is -1.51. The van der Waals surface area contributed by atoms with Gasteiger partial charge in [-0.15, -0.1) is 0 Å². The Hall–Kier alpha value is -0.374. The van der Waals surface area contributed by atoms with E-state index in [4.69, 9.17) is 14.8 Å². The van der Waals surface area contributed by atoms with Crippen LogP contribution >= 0.6 is 0 Å². The molecule has 123 valence electrons. The molecule has 0 aliphatic rings. The van der Waals surface area contributed by atoms with Gasteiger partial charge in [0.1, 0.15) is 13.2 Å². The number of aliphatic hydroxyl groups excluding tert-OH is 2. The number of hydrogen-bond donors (Lipinski definition) is 3. The van der Waals surface area contributed by atoms with Gasteiger partial charge >= 0.3 is 11.9 Å². The van der Waals surface area contributed by atoms with Crippen molar-refractivity contribution >= 4 is 73.4 Å². The summed E-state index contributed by atoms with van der Waals surface area (Å²) in [4.78, 5) is 22.6. The molecule has 0 unspecified atom stereocenters. The number of carbonyl (C=O) groups is 2. The van der Waals surface area contributed by atoms with Crippen LogP contribution in [-0.2, 0) is 19.6 Å². The number of carbonyl (C=O) groups excluding carboxylic acids is 2. The van der Waals surface area contributed by atoms with Crippen molar-refractivity contribution in [2.45, 2.75) is 4.90 Å². The maximum Gasteiger partial charge on any atom is 0.338 e. The molecule has 0 fully saturated rings. The molecule has 9 nitrogen and oxygen atoms in total. The SMILES string of the molecule is O=C(OCCO)c1cc(C(=O)OCCO)cc(S(=O)(=O)O)c1.[K]. The normalized spacial score (nSPS) is 10.6. The monoisotopic (exact) mass is 373 g/mol. The first kappa shape index (κ1) is 22.6. The topological polar surface area (TPSA) is 147 Å². The van der Waals surface area contributed by atoms with Crippen LogP contribution in [0.5, 0.6) is 0 Å². The quantitative estimate of drug-likeness (QED) is 0.306. The molecule has 1 aromatic rings. The van der Waals surface area contributed by atoms with Crippen LogP contribution in [-0.4, -0.2) is 113 Å². The number of hydrogen-bond acceptors (Lipinski definition) is 8. The van der Waals surface area contributed by atoms with Gasteiger partial charge in [-0.1, -0.05) is 0 Å². The molecule has 0 saturated heterocycles. The summed E-state index contributed by atoms with van der Waals surface area (Å²) in [6, 6.07) is 2.64. The van der Waals surface area contributed by atoms with Crippen LogP contribution in [0.15, 0.2) is 23.1 Å². The van der Waals surface area contributed by atoms with E-state index in [0.717, 1.165) is 18.2 Å². The zero-order valence-corrected chi connectivity index (χ0v) is 16.2. The fourth-order valence-electron chi connectivity index (χ4n) is 1.43. The fourth-order valence-corrected chi connectivity index (χ4v) is 1.98. The summed E-state index contributed by atoms with van der Waals surface area (Å²) in [5, 5.41) is 17.1. The van der Waals surface area contributed by atoms with Crippen molar-refractivity contribution in [3.8, 4) is 0 Å². The van der Waals surface area contributed by atoms with Gasteiger partial charge in [0.25, 0.3) is 10.1 Å². The van der Waals surface area contributed by atoms with Crippen molar-refractivity contribution in [2.75, 3.05) is 26.4 Å². The number of esters is 2. The molecule has 0 aliphatic heterocycles. The van der Waals surface area contributed by atoms with Crippen molar-refractivity contribution < 1.29 is 42.2 Å². The molecule has 0 atom stereocenters. The minimum Gasteiger partial charge on any atom is -0.460 e. The average molecular weight is 373 g/mol. The molecule has 0 heterocycles. The largest absolute Gasteiger partial charge is 0.460 e. The Balaban J connectivity index is 0.00000484. The standard InChI is InChI=1S/C12H14O9S.K/c13-1-3-20-11(15)8-5-9(12(16)21-4-2-14)7-10(6-8)22(17,18)19;/h5-7,13-14H,1-4H2,(H,17,18,19);. The molecule has 11 heteroatoms. The Morgan fingerprint density at radius 2 is 1.30 bits per heavy atom. The van der Waals surface area contributed by atoms with E-state index in [0.29, 0.717) is 0 Å². The predicted molar refractivity (Wildman–Crippen MR) is 76.7 cm³/mol. The van der Waals surface area contributed by atoms with Crippen molar-refractivity contribution in [2.24, 2.45) is 0 Å². The molecule has 3 N–H and O–H groups in total. The summed E-state index contributed by atoms with van der Waals surface area (Å²) >= 11 is 0. The van der Waals surface area contributed by atoms with Gasteiger partial charge in [0, 0.05) is 51.4 Å².